The molecule has 0 heterocycles. The number of ketones is 1. The molecule has 0 bridgehead atoms. The van der Waals surface area contributed by atoms with Gasteiger partial charge in [0.15, 0.2) is 0 Å². The Morgan fingerprint density at radius 2 is 2.20 bits per heavy atom. The maximum Gasteiger partial charge on any atom is 0.129 e. The van der Waals surface area contributed by atoms with Gasteiger partial charge in [0, 0.05) is 6.42 Å². The van der Waals surface area contributed by atoms with Crippen LogP contribution in [0.5, 0.6) is 0 Å². The topological polar surface area (TPSA) is 40.9 Å². The number of carbonyl (C=O) groups excluding carboxylic acids is 1. The quantitative estimate of drug-likeness (QED) is 0.709. The average Bonchev–Trinajstić information content (AvgIpc) is 2.15. The van der Waals surface area contributed by atoms with Crippen LogP contribution in [-0.2, 0) is 4.79 Å². The van der Waals surface area contributed by atoms with Crippen LogP contribution in [0.1, 0.15) is 33.6 Å². The third-order valence-electron chi connectivity index (χ3n) is 1.76. The van der Waals surface area contributed by atoms with Crippen molar-refractivity contribution in [2.24, 2.45) is 0 Å². The van der Waals surface area contributed by atoms with Crippen molar-refractivity contribution in [1.29, 1.82) is 5.26 Å². The van der Waals surface area contributed by atoms with E-state index in [4.69, 9.17) is 17.5 Å². The molecule has 0 N–H and O–H groups in total. The van der Waals surface area contributed by atoms with Gasteiger partial charge in [0.1, 0.15) is 14.1 Å². The fourth-order valence-corrected chi connectivity index (χ4v) is 3.78. The average molecular weight is 261 g/mol. The summed E-state index contributed by atoms with van der Waals surface area (Å²) in [6.45, 7) is 5.40. The third-order valence-corrected chi connectivity index (χ3v) is 4.41. The number of hydrogen-bond donors (Lipinski definition) is 0. The highest BCUT2D eigenvalue weighted by Crippen LogP contribution is 2.34. The van der Waals surface area contributed by atoms with Gasteiger partial charge in [-0.1, -0.05) is 30.9 Å². The van der Waals surface area contributed by atoms with E-state index in [1.54, 1.807) is 18.7 Å². The summed E-state index contributed by atoms with van der Waals surface area (Å²) in [5, 5.41) is 9.06. The zero-order valence-corrected chi connectivity index (χ0v) is 11.7. The van der Waals surface area contributed by atoms with Crippen LogP contribution in [0.25, 0.3) is 0 Å². The van der Waals surface area contributed by atoms with Crippen LogP contribution in [0, 0.1) is 11.3 Å². The van der Waals surface area contributed by atoms with Crippen LogP contribution in [0.3, 0.4) is 0 Å². The second-order valence-electron chi connectivity index (χ2n) is 3.33. The van der Waals surface area contributed by atoms with Crippen LogP contribution in [0.4, 0.5) is 0 Å². The van der Waals surface area contributed by atoms with Crippen LogP contribution in [0.2, 0.25) is 0 Å². The molecular formula is C10H15NOS3. The van der Waals surface area contributed by atoms with E-state index in [-0.39, 0.29) is 5.78 Å². The summed E-state index contributed by atoms with van der Waals surface area (Å²) in [5.41, 5.74) is 0. The Bertz CT molecular complexity index is 285. The fraction of sp³-hybridized carbons (Fsp3) is 0.700. The predicted octanol–water partition coefficient (Wildman–Crippen LogP) is 3.41. The summed E-state index contributed by atoms with van der Waals surface area (Å²) in [6.07, 6.45) is 1.00. The number of thioether (sulfide) groups is 2. The lowest BCUT2D eigenvalue weighted by Crippen LogP contribution is -2.19. The number of Topliss-reactive ketones (excluding diaryl/α,β-unsaturated/α-hetero) is 1. The van der Waals surface area contributed by atoms with Gasteiger partial charge in [0.25, 0.3) is 0 Å². The first-order chi connectivity index (χ1) is 6.93. The Labute approximate surface area is 105 Å². The van der Waals surface area contributed by atoms with Crippen molar-refractivity contribution in [2.75, 3.05) is 5.75 Å². The van der Waals surface area contributed by atoms with Crippen molar-refractivity contribution in [3.63, 3.8) is 0 Å². The van der Waals surface area contributed by atoms with Crippen molar-refractivity contribution in [1.82, 2.24) is 0 Å². The molecule has 0 spiro atoms. The molecule has 0 fully saturated rings. The Hall–Kier alpha value is -0.0500. The van der Waals surface area contributed by atoms with E-state index in [0.29, 0.717) is 12.8 Å². The van der Waals surface area contributed by atoms with Crippen LogP contribution < -0.4 is 0 Å². The zero-order chi connectivity index (χ0) is 11.9. The molecule has 0 aromatic rings. The maximum absolute atomic E-state index is 10.9. The molecular weight excluding hydrogens is 246 g/mol. The summed E-state index contributed by atoms with van der Waals surface area (Å²) < 4.78 is 0.218. The van der Waals surface area contributed by atoms with E-state index in [9.17, 15) is 4.79 Å². The monoisotopic (exact) mass is 261 g/mol. The van der Waals surface area contributed by atoms with E-state index < -0.39 is 4.75 Å². The largest absolute Gasteiger partial charge is 0.300 e. The molecule has 0 amide bonds. The smallest absolute Gasteiger partial charge is 0.129 e. The van der Waals surface area contributed by atoms with E-state index in [1.807, 2.05) is 13.8 Å². The highest BCUT2D eigenvalue weighted by Gasteiger charge is 2.26. The van der Waals surface area contributed by atoms with E-state index in [1.165, 1.54) is 11.8 Å². The first-order valence-corrected chi connectivity index (χ1v) is 6.91. The number of nitrogens with zero attached hydrogens (tertiary/aromatic N) is 1. The van der Waals surface area contributed by atoms with Gasteiger partial charge in [-0.3, -0.25) is 0 Å². The minimum atomic E-state index is -0.565. The molecule has 0 saturated heterocycles. The van der Waals surface area contributed by atoms with Crippen molar-refractivity contribution >= 4 is 45.1 Å². The molecule has 0 aliphatic rings. The van der Waals surface area contributed by atoms with Gasteiger partial charge < -0.3 is 4.79 Å². The van der Waals surface area contributed by atoms with Crippen LogP contribution in [-0.4, -0.2) is 19.8 Å². The van der Waals surface area contributed by atoms with E-state index in [2.05, 4.69) is 6.07 Å². The SMILES string of the molecule is CCSC(=S)SC(C)(C#N)CCC(C)=O. The Kier molecular flexibility index (Phi) is 7.24. The van der Waals surface area contributed by atoms with Crippen molar-refractivity contribution in [2.45, 2.75) is 38.4 Å². The molecule has 1 atom stereocenters. The lowest BCUT2D eigenvalue weighted by atomic mass is 10.1. The van der Waals surface area contributed by atoms with E-state index in [0.717, 1.165) is 9.28 Å². The molecule has 0 aromatic carbocycles. The van der Waals surface area contributed by atoms with Crippen molar-refractivity contribution < 1.29 is 4.79 Å². The molecule has 84 valence electrons. The number of rotatable bonds is 5. The second-order valence-corrected chi connectivity index (χ2v) is 7.30. The minimum Gasteiger partial charge on any atom is -0.300 e. The molecule has 0 aliphatic heterocycles. The standard InChI is InChI=1S/C10H15NOS3/c1-4-14-9(13)15-10(3,7-11)6-5-8(2)12/h4-6H2,1-3H3. The Morgan fingerprint density at radius 1 is 1.60 bits per heavy atom. The fourth-order valence-electron chi connectivity index (χ4n) is 0.876. The highest BCUT2D eigenvalue weighted by molar-refractivity contribution is 8.47. The van der Waals surface area contributed by atoms with Gasteiger partial charge in [-0.05, 0) is 26.0 Å². The van der Waals surface area contributed by atoms with Crippen molar-refractivity contribution in [3.05, 3.63) is 0 Å². The Balaban J connectivity index is 4.25. The van der Waals surface area contributed by atoms with Crippen LogP contribution in [0.15, 0.2) is 0 Å². The molecule has 0 saturated carbocycles. The molecule has 0 aliphatic carbocycles. The molecule has 0 aromatic heterocycles. The summed E-state index contributed by atoms with van der Waals surface area (Å²) in [5.74, 6) is 1.03. The zero-order valence-electron chi connectivity index (χ0n) is 9.20. The lowest BCUT2D eigenvalue weighted by molar-refractivity contribution is -0.117. The lowest BCUT2D eigenvalue weighted by Gasteiger charge is -2.19. The number of hydrogen-bond acceptors (Lipinski definition) is 5. The van der Waals surface area contributed by atoms with Gasteiger partial charge >= 0.3 is 0 Å². The van der Waals surface area contributed by atoms with Crippen LogP contribution >= 0.6 is 35.7 Å². The van der Waals surface area contributed by atoms with Gasteiger partial charge in [-0.25, -0.2) is 0 Å². The molecule has 2 nitrogen and oxygen atoms in total. The second kappa shape index (κ2) is 7.26. The van der Waals surface area contributed by atoms with Gasteiger partial charge in [-0.2, -0.15) is 5.26 Å². The molecule has 5 heteroatoms. The third kappa shape index (κ3) is 6.93. The molecule has 0 rings (SSSR count). The molecule has 0 radical (unpaired) electrons. The predicted molar refractivity (Wildman–Crippen MR) is 72.3 cm³/mol. The minimum absolute atomic E-state index is 0.117. The Morgan fingerprint density at radius 3 is 2.60 bits per heavy atom. The van der Waals surface area contributed by atoms with Gasteiger partial charge in [0.2, 0.25) is 0 Å². The van der Waals surface area contributed by atoms with E-state index >= 15 is 0 Å². The highest BCUT2D eigenvalue weighted by atomic mass is 32.2. The number of carbonyl (C=O) groups is 1. The summed E-state index contributed by atoms with van der Waals surface area (Å²) in [4.78, 5) is 10.9. The molecule has 1 unspecified atom stereocenters. The normalized spacial score (nSPS) is 14.0. The number of thiocarbonyl (C=S) groups is 1. The maximum atomic E-state index is 10.9. The van der Waals surface area contributed by atoms with Gasteiger partial charge in [0.05, 0.1) is 6.07 Å². The summed E-state index contributed by atoms with van der Waals surface area (Å²) >= 11 is 8.10. The first kappa shape index (κ1) is 14.9. The first-order valence-electron chi connectivity index (χ1n) is 4.70. The summed E-state index contributed by atoms with van der Waals surface area (Å²) in [6, 6.07) is 2.23. The summed E-state index contributed by atoms with van der Waals surface area (Å²) in [7, 11) is 0. The van der Waals surface area contributed by atoms with Crippen molar-refractivity contribution in [3.8, 4) is 6.07 Å². The number of nitriles is 1. The molecule has 15 heavy (non-hydrogen) atoms. The van der Waals surface area contributed by atoms with Gasteiger partial charge in [-0.15, -0.1) is 11.8 Å².